The van der Waals surface area contributed by atoms with Crippen LogP contribution in [0.15, 0.2) is 23.6 Å². The fourth-order valence-electron chi connectivity index (χ4n) is 1.60. The molecule has 0 fully saturated rings. The van der Waals surface area contributed by atoms with Gasteiger partial charge in [-0.15, -0.1) is 11.3 Å². The van der Waals surface area contributed by atoms with Crippen molar-refractivity contribution in [3.05, 3.63) is 34.8 Å². The molecule has 1 heterocycles. The van der Waals surface area contributed by atoms with E-state index in [-0.39, 0.29) is 11.7 Å². The lowest BCUT2D eigenvalue weighted by Gasteiger charge is -2.08. The van der Waals surface area contributed by atoms with Gasteiger partial charge in [-0.1, -0.05) is 0 Å². The molecular weight excluding hydrogens is 292 g/mol. The van der Waals surface area contributed by atoms with Crippen molar-refractivity contribution >= 4 is 28.2 Å². The molecule has 2 aromatic rings. The van der Waals surface area contributed by atoms with Gasteiger partial charge in [0.2, 0.25) is 0 Å². The second-order valence-corrected chi connectivity index (χ2v) is 5.01. The van der Waals surface area contributed by atoms with Gasteiger partial charge in [0.25, 0.3) is 5.91 Å². The molecule has 0 saturated heterocycles. The zero-order chi connectivity index (χ0) is 15.4. The Bertz CT molecular complexity index is 659. The highest BCUT2D eigenvalue weighted by molar-refractivity contribution is 7.14. The summed E-state index contributed by atoms with van der Waals surface area (Å²) >= 11 is 1.19. The molecule has 0 radical (unpaired) electrons. The number of ether oxygens (including phenoxy) is 2. The lowest BCUT2D eigenvalue weighted by atomic mass is 10.2. The quantitative estimate of drug-likeness (QED) is 0.859. The third-order valence-electron chi connectivity index (χ3n) is 2.70. The number of hydrogen-bond donors (Lipinski definition) is 1. The summed E-state index contributed by atoms with van der Waals surface area (Å²) in [6.07, 6.45) is 0. The number of amides is 1. The lowest BCUT2D eigenvalue weighted by molar-refractivity contribution is 0.100. The zero-order valence-corrected chi connectivity index (χ0v) is 12.6. The molecule has 6 nitrogen and oxygen atoms in total. The predicted molar refractivity (Wildman–Crippen MR) is 79.6 cm³/mol. The number of methoxy groups -OCH3 is 2. The molecule has 0 aliphatic carbocycles. The van der Waals surface area contributed by atoms with Crippen molar-refractivity contribution in [2.75, 3.05) is 19.5 Å². The van der Waals surface area contributed by atoms with Crippen LogP contribution in [0.1, 0.15) is 27.8 Å². The number of Topliss-reactive ketones (excluding diaryl/α,β-unsaturated/α-hetero) is 1. The molecule has 110 valence electrons. The summed E-state index contributed by atoms with van der Waals surface area (Å²) in [5.41, 5.74) is 0.712. The van der Waals surface area contributed by atoms with E-state index in [0.717, 1.165) is 0 Å². The normalized spacial score (nSPS) is 10.0. The van der Waals surface area contributed by atoms with Crippen LogP contribution in [0.5, 0.6) is 11.5 Å². The molecule has 2 rings (SSSR count). The van der Waals surface area contributed by atoms with E-state index >= 15 is 0 Å². The van der Waals surface area contributed by atoms with Crippen LogP contribution >= 0.6 is 11.3 Å². The Morgan fingerprint density at radius 2 is 1.76 bits per heavy atom. The lowest BCUT2D eigenvalue weighted by Crippen LogP contribution is -2.12. The Morgan fingerprint density at radius 1 is 1.14 bits per heavy atom. The van der Waals surface area contributed by atoms with E-state index < -0.39 is 0 Å². The van der Waals surface area contributed by atoms with E-state index in [1.54, 1.807) is 23.6 Å². The van der Waals surface area contributed by atoms with Gasteiger partial charge in [0.15, 0.2) is 10.9 Å². The molecule has 7 heteroatoms. The predicted octanol–water partition coefficient (Wildman–Crippen LogP) is 2.62. The monoisotopic (exact) mass is 306 g/mol. The van der Waals surface area contributed by atoms with Gasteiger partial charge in [0.05, 0.1) is 14.2 Å². The molecule has 1 aromatic carbocycles. The molecule has 1 aromatic heterocycles. The minimum atomic E-state index is -0.350. The number of thiazole rings is 1. The Balaban J connectivity index is 2.21. The Morgan fingerprint density at radius 3 is 2.24 bits per heavy atom. The first-order valence-electron chi connectivity index (χ1n) is 6.04. The van der Waals surface area contributed by atoms with E-state index in [0.29, 0.717) is 27.9 Å². The maximum absolute atomic E-state index is 12.2. The average Bonchev–Trinajstić information content (AvgIpc) is 2.95. The van der Waals surface area contributed by atoms with Crippen molar-refractivity contribution in [2.45, 2.75) is 6.92 Å². The van der Waals surface area contributed by atoms with E-state index in [2.05, 4.69) is 10.3 Å². The van der Waals surface area contributed by atoms with E-state index in [9.17, 15) is 9.59 Å². The van der Waals surface area contributed by atoms with Crippen molar-refractivity contribution in [3.63, 3.8) is 0 Å². The first-order valence-corrected chi connectivity index (χ1v) is 6.92. The standard InChI is InChI=1S/C14H14N2O4S/c1-8(17)12-7-21-14(15-12)16-13(18)9-4-10(19-2)6-11(5-9)20-3/h4-7H,1-3H3,(H,15,16,18). The van der Waals surface area contributed by atoms with Crippen molar-refractivity contribution < 1.29 is 19.1 Å². The molecule has 0 atom stereocenters. The number of nitrogens with zero attached hydrogens (tertiary/aromatic N) is 1. The van der Waals surface area contributed by atoms with Crippen LogP contribution < -0.4 is 14.8 Å². The summed E-state index contributed by atoms with van der Waals surface area (Å²) in [7, 11) is 3.02. The van der Waals surface area contributed by atoms with E-state index in [4.69, 9.17) is 9.47 Å². The summed E-state index contributed by atoms with van der Waals surface area (Å²) in [6.45, 7) is 1.42. The largest absolute Gasteiger partial charge is 0.497 e. The maximum atomic E-state index is 12.2. The van der Waals surface area contributed by atoms with Crippen LogP contribution in [-0.2, 0) is 0 Å². The molecule has 21 heavy (non-hydrogen) atoms. The SMILES string of the molecule is COc1cc(OC)cc(C(=O)Nc2nc(C(C)=O)cs2)c1. The van der Waals surface area contributed by atoms with Crippen LogP contribution in [0.2, 0.25) is 0 Å². The Labute approximate surface area is 125 Å². The van der Waals surface area contributed by atoms with Crippen LogP contribution in [0.25, 0.3) is 0 Å². The first-order chi connectivity index (χ1) is 10.0. The molecule has 0 bridgehead atoms. The van der Waals surface area contributed by atoms with Gasteiger partial charge < -0.3 is 9.47 Å². The number of nitrogens with one attached hydrogen (secondary N) is 1. The average molecular weight is 306 g/mol. The van der Waals surface area contributed by atoms with Gasteiger partial charge in [-0.3, -0.25) is 14.9 Å². The number of anilines is 1. The minimum absolute atomic E-state index is 0.144. The number of hydrogen-bond acceptors (Lipinski definition) is 6. The zero-order valence-electron chi connectivity index (χ0n) is 11.8. The van der Waals surface area contributed by atoms with Gasteiger partial charge in [-0.2, -0.15) is 0 Å². The van der Waals surface area contributed by atoms with Gasteiger partial charge in [-0.25, -0.2) is 4.98 Å². The third kappa shape index (κ3) is 3.57. The molecule has 0 aliphatic rings. The first kappa shape index (κ1) is 15.0. The van der Waals surface area contributed by atoms with Crippen LogP contribution in [0, 0.1) is 0 Å². The molecule has 1 amide bonds. The smallest absolute Gasteiger partial charge is 0.257 e. The van der Waals surface area contributed by atoms with Crippen LogP contribution in [-0.4, -0.2) is 30.9 Å². The van der Waals surface area contributed by atoms with Crippen molar-refractivity contribution in [3.8, 4) is 11.5 Å². The molecule has 1 N–H and O–H groups in total. The van der Waals surface area contributed by atoms with Crippen LogP contribution in [0.3, 0.4) is 0 Å². The van der Waals surface area contributed by atoms with Gasteiger partial charge in [0, 0.05) is 23.9 Å². The number of aromatic nitrogens is 1. The summed E-state index contributed by atoms with van der Waals surface area (Å²) in [6, 6.07) is 4.86. The highest BCUT2D eigenvalue weighted by Crippen LogP contribution is 2.24. The van der Waals surface area contributed by atoms with Crippen LogP contribution in [0.4, 0.5) is 5.13 Å². The van der Waals surface area contributed by atoms with E-state index in [1.165, 1.54) is 32.5 Å². The van der Waals surface area contributed by atoms with Gasteiger partial charge >= 0.3 is 0 Å². The maximum Gasteiger partial charge on any atom is 0.257 e. The Kier molecular flexibility index (Phi) is 4.54. The van der Waals surface area contributed by atoms with Crippen molar-refractivity contribution in [1.29, 1.82) is 0 Å². The third-order valence-corrected chi connectivity index (χ3v) is 3.46. The molecular formula is C14H14N2O4S. The summed E-state index contributed by atoms with van der Waals surface area (Å²) in [5, 5.41) is 4.61. The van der Waals surface area contributed by atoms with Crippen molar-refractivity contribution in [1.82, 2.24) is 4.98 Å². The fourth-order valence-corrected chi connectivity index (χ4v) is 2.35. The number of carbonyl (C=O) groups excluding carboxylic acids is 2. The second kappa shape index (κ2) is 6.36. The highest BCUT2D eigenvalue weighted by Gasteiger charge is 2.13. The molecule has 0 saturated carbocycles. The Hall–Kier alpha value is -2.41. The number of ketones is 1. The summed E-state index contributed by atoms with van der Waals surface area (Å²) < 4.78 is 10.2. The number of rotatable bonds is 5. The van der Waals surface area contributed by atoms with Gasteiger partial charge in [0.1, 0.15) is 17.2 Å². The summed E-state index contributed by atoms with van der Waals surface area (Å²) in [4.78, 5) is 27.4. The number of benzene rings is 1. The number of carbonyl (C=O) groups is 2. The second-order valence-electron chi connectivity index (χ2n) is 4.15. The molecule has 0 aliphatic heterocycles. The fraction of sp³-hybridized carbons (Fsp3) is 0.214. The molecule has 0 spiro atoms. The summed E-state index contributed by atoms with van der Waals surface area (Å²) in [5.74, 6) is 0.539. The topological polar surface area (TPSA) is 77.5 Å². The van der Waals surface area contributed by atoms with E-state index in [1.807, 2.05) is 0 Å². The van der Waals surface area contributed by atoms with Gasteiger partial charge in [-0.05, 0) is 12.1 Å². The molecule has 0 unspecified atom stereocenters. The van der Waals surface area contributed by atoms with Crippen molar-refractivity contribution in [2.24, 2.45) is 0 Å². The highest BCUT2D eigenvalue weighted by atomic mass is 32.1. The minimum Gasteiger partial charge on any atom is -0.497 e.